The van der Waals surface area contributed by atoms with Crippen LogP contribution in [0, 0.1) is 0 Å². The molecule has 1 aliphatic heterocycles. The van der Waals surface area contributed by atoms with Crippen LogP contribution >= 0.6 is 0 Å². The number of imidazole rings is 1. The second-order valence-electron chi connectivity index (χ2n) is 3.75. The summed E-state index contributed by atoms with van der Waals surface area (Å²) < 4.78 is 24.5. The SMILES string of the molecule is O=Cc1cncn1C1CCCS(=O)(=O)C1. The number of hydrogen-bond acceptors (Lipinski definition) is 4. The molecule has 0 aliphatic carbocycles. The number of carbonyl (C=O) groups is 1. The van der Waals surface area contributed by atoms with Crippen LogP contribution in [0.2, 0.25) is 0 Å². The second kappa shape index (κ2) is 3.77. The Bertz CT molecular complexity index is 463. The molecule has 5 nitrogen and oxygen atoms in total. The molecule has 1 fully saturated rings. The van der Waals surface area contributed by atoms with Gasteiger partial charge in [-0.05, 0) is 12.8 Å². The van der Waals surface area contributed by atoms with Crippen LogP contribution in [-0.4, -0.2) is 35.8 Å². The summed E-state index contributed by atoms with van der Waals surface area (Å²) in [7, 11) is -2.95. The molecule has 0 radical (unpaired) electrons. The zero-order valence-electron chi connectivity index (χ0n) is 8.17. The average Bonchev–Trinajstić information content (AvgIpc) is 2.63. The van der Waals surface area contributed by atoms with Gasteiger partial charge in [-0.3, -0.25) is 4.79 Å². The number of rotatable bonds is 2. The maximum absolute atomic E-state index is 11.4. The van der Waals surface area contributed by atoms with Crippen LogP contribution in [0.5, 0.6) is 0 Å². The van der Waals surface area contributed by atoms with Gasteiger partial charge < -0.3 is 4.57 Å². The average molecular weight is 228 g/mol. The van der Waals surface area contributed by atoms with Crippen LogP contribution in [0.3, 0.4) is 0 Å². The Morgan fingerprint density at radius 2 is 2.33 bits per heavy atom. The van der Waals surface area contributed by atoms with Crippen molar-refractivity contribution < 1.29 is 13.2 Å². The number of hydrogen-bond donors (Lipinski definition) is 0. The predicted molar refractivity (Wildman–Crippen MR) is 54.5 cm³/mol. The van der Waals surface area contributed by atoms with Crippen molar-refractivity contribution in [3.8, 4) is 0 Å². The van der Waals surface area contributed by atoms with Crippen LogP contribution in [0.1, 0.15) is 29.4 Å². The van der Waals surface area contributed by atoms with Crippen LogP contribution in [0.4, 0.5) is 0 Å². The Kier molecular flexibility index (Phi) is 2.60. The Balaban J connectivity index is 2.28. The molecular formula is C9H12N2O3S. The molecule has 2 heterocycles. The van der Waals surface area contributed by atoms with Gasteiger partial charge in [0.05, 0.1) is 24.0 Å². The van der Waals surface area contributed by atoms with E-state index < -0.39 is 9.84 Å². The summed E-state index contributed by atoms with van der Waals surface area (Å²) in [5.74, 6) is 0.374. The van der Waals surface area contributed by atoms with E-state index in [0.717, 1.165) is 6.42 Å². The summed E-state index contributed by atoms with van der Waals surface area (Å²) in [5, 5.41) is 0. The first-order valence-electron chi connectivity index (χ1n) is 4.80. The Morgan fingerprint density at radius 3 is 3.00 bits per heavy atom. The molecule has 0 aromatic carbocycles. The molecule has 1 aliphatic rings. The minimum atomic E-state index is -2.95. The zero-order chi connectivity index (χ0) is 10.9. The van der Waals surface area contributed by atoms with E-state index in [0.29, 0.717) is 18.4 Å². The lowest BCUT2D eigenvalue weighted by Crippen LogP contribution is -2.28. The van der Waals surface area contributed by atoms with Gasteiger partial charge in [0.25, 0.3) is 0 Å². The van der Waals surface area contributed by atoms with E-state index in [-0.39, 0.29) is 17.5 Å². The van der Waals surface area contributed by atoms with Gasteiger partial charge in [-0.15, -0.1) is 0 Å². The van der Waals surface area contributed by atoms with E-state index in [1.165, 1.54) is 12.5 Å². The molecular weight excluding hydrogens is 216 g/mol. The van der Waals surface area contributed by atoms with E-state index in [1.807, 2.05) is 0 Å². The highest BCUT2D eigenvalue weighted by Gasteiger charge is 2.26. The summed E-state index contributed by atoms with van der Waals surface area (Å²) in [4.78, 5) is 14.5. The Labute approximate surface area is 88.0 Å². The zero-order valence-corrected chi connectivity index (χ0v) is 8.98. The smallest absolute Gasteiger partial charge is 0.168 e. The highest BCUT2D eigenvalue weighted by Crippen LogP contribution is 2.23. The topological polar surface area (TPSA) is 69.0 Å². The number of aromatic nitrogens is 2. The number of nitrogens with zero attached hydrogens (tertiary/aromatic N) is 2. The Morgan fingerprint density at radius 1 is 1.53 bits per heavy atom. The molecule has 0 N–H and O–H groups in total. The van der Waals surface area contributed by atoms with E-state index in [4.69, 9.17) is 0 Å². The fourth-order valence-corrected chi connectivity index (χ4v) is 3.62. The van der Waals surface area contributed by atoms with Crippen LogP contribution in [0.15, 0.2) is 12.5 Å². The van der Waals surface area contributed by atoms with Gasteiger partial charge >= 0.3 is 0 Å². The van der Waals surface area contributed by atoms with Gasteiger partial charge in [0.2, 0.25) is 0 Å². The van der Waals surface area contributed by atoms with E-state index in [1.54, 1.807) is 4.57 Å². The van der Waals surface area contributed by atoms with Gasteiger partial charge in [0.15, 0.2) is 16.1 Å². The maximum atomic E-state index is 11.4. The van der Waals surface area contributed by atoms with Gasteiger partial charge in [-0.25, -0.2) is 13.4 Å². The van der Waals surface area contributed by atoms with E-state index in [2.05, 4.69) is 4.98 Å². The largest absolute Gasteiger partial charge is 0.324 e. The Hall–Kier alpha value is -1.17. The van der Waals surface area contributed by atoms with Crippen molar-refractivity contribution in [2.45, 2.75) is 18.9 Å². The quantitative estimate of drug-likeness (QED) is 0.689. The van der Waals surface area contributed by atoms with Gasteiger partial charge in [0.1, 0.15) is 5.69 Å². The molecule has 2 rings (SSSR count). The fraction of sp³-hybridized carbons (Fsp3) is 0.556. The van der Waals surface area contributed by atoms with Crippen molar-refractivity contribution in [1.29, 1.82) is 0 Å². The van der Waals surface area contributed by atoms with Crippen molar-refractivity contribution in [3.05, 3.63) is 18.2 Å². The molecule has 1 atom stereocenters. The molecule has 0 spiro atoms. The van der Waals surface area contributed by atoms with Crippen molar-refractivity contribution in [2.75, 3.05) is 11.5 Å². The van der Waals surface area contributed by atoms with Crippen molar-refractivity contribution in [2.24, 2.45) is 0 Å². The molecule has 0 amide bonds. The summed E-state index contributed by atoms with van der Waals surface area (Å²) in [6, 6.07) is -0.133. The molecule has 15 heavy (non-hydrogen) atoms. The summed E-state index contributed by atoms with van der Waals surface area (Å²) >= 11 is 0. The molecule has 1 unspecified atom stereocenters. The lowest BCUT2D eigenvalue weighted by Gasteiger charge is -2.23. The van der Waals surface area contributed by atoms with Gasteiger partial charge in [-0.1, -0.05) is 0 Å². The van der Waals surface area contributed by atoms with Crippen molar-refractivity contribution in [3.63, 3.8) is 0 Å². The molecule has 1 saturated heterocycles. The monoisotopic (exact) mass is 228 g/mol. The lowest BCUT2D eigenvalue weighted by molar-refractivity contribution is 0.111. The molecule has 82 valence electrons. The highest BCUT2D eigenvalue weighted by molar-refractivity contribution is 7.91. The van der Waals surface area contributed by atoms with Crippen LogP contribution < -0.4 is 0 Å². The summed E-state index contributed by atoms with van der Waals surface area (Å²) in [5.41, 5.74) is 0.442. The fourth-order valence-electron chi connectivity index (χ4n) is 1.93. The summed E-state index contributed by atoms with van der Waals surface area (Å²) in [6.45, 7) is 0. The summed E-state index contributed by atoms with van der Waals surface area (Å²) in [6.07, 6.45) is 5.12. The first-order valence-corrected chi connectivity index (χ1v) is 6.62. The number of sulfone groups is 1. The van der Waals surface area contributed by atoms with Crippen LogP contribution in [-0.2, 0) is 9.84 Å². The minimum absolute atomic E-state index is 0.115. The predicted octanol–water partition coefficient (Wildman–Crippen LogP) is 0.445. The van der Waals surface area contributed by atoms with Gasteiger partial charge in [0, 0.05) is 6.04 Å². The number of carbonyl (C=O) groups excluding carboxylic acids is 1. The molecule has 6 heteroatoms. The minimum Gasteiger partial charge on any atom is -0.324 e. The standard InChI is InChI=1S/C9H12N2O3S/c12-5-9-4-10-7-11(9)8-2-1-3-15(13,14)6-8/h4-5,7-8H,1-3,6H2. The first-order chi connectivity index (χ1) is 7.12. The van der Waals surface area contributed by atoms with Gasteiger partial charge in [-0.2, -0.15) is 0 Å². The van der Waals surface area contributed by atoms with Crippen molar-refractivity contribution >= 4 is 16.1 Å². The lowest BCUT2D eigenvalue weighted by atomic mass is 10.2. The number of aldehydes is 1. The molecule has 0 bridgehead atoms. The molecule has 0 saturated carbocycles. The second-order valence-corrected chi connectivity index (χ2v) is 5.98. The first kappa shape index (κ1) is 10.4. The third-order valence-corrected chi connectivity index (χ3v) is 4.45. The molecule has 1 aromatic heterocycles. The third kappa shape index (κ3) is 2.09. The maximum Gasteiger partial charge on any atom is 0.168 e. The van der Waals surface area contributed by atoms with E-state index >= 15 is 0 Å². The third-order valence-electron chi connectivity index (χ3n) is 2.65. The van der Waals surface area contributed by atoms with Crippen molar-refractivity contribution in [1.82, 2.24) is 9.55 Å². The van der Waals surface area contributed by atoms with E-state index in [9.17, 15) is 13.2 Å². The molecule has 1 aromatic rings. The highest BCUT2D eigenvalue weighted by atomic mass is 32.2. The van der Waals surface area contributed by atoms with Crippen LogP contribution in [0.25, 0.3) is 0 Å². The normalized spacial score (nSPS) is 24.9.